The summed E-state index contributed by atoms with van der Waals surface area (Å²) in [5, 5.41) is 3.09. The third kappa shape index (κ3) is 4.84. The van der Waals surface area contributed by atoms with Crippen LogP contribution in [0.2, 0.25) is 0 Å². The highest BCUT2D eigenvalue weighted by atomic mass is 19.1. The van der Waals surface area contributed by atoms with Gasteiger partial charge in [-0.25, -0.2) is 9.18 Å². The first-order valence-corrected chi connectivity index (χ1v) is 7.99. The van der Waals surface area contributed by atoms with E-state index in [9.17, 15) is 14.0 Å². The summed E-state index contributed by atoms with van der Waals surface area (Å²) in [4.78, 5) is 24.9. The molecule has 6 nitrogen and oxygen atoms in total. The Morgan fingerprint density at radius 2 is 1.92 bits per heavy atom. The third-order valence-corrected chi connectivity index (χ3v) is 3.76. The van der Waals surface area contributed by atoms with Crippen LogP contribution in [0.1, 0.15) is 44.0 Å². The Bertz CT molecular complexity index is 620. The average molecular weight is 337 g/mol. The zero-order chi connectivity index (χ0) is 17.9. The predicted octanol–water partition coefficient (Wildman–Crippen LogP) is 2.74. The second-order valence-corrected chi connectivity index (χ2v) is 6.94. The van der Waals surface area contributed by atoms with Crippen molar-refractivity contribution in [3.63, 3.8) is 0 Å². The molecule has 3 N–H and O–H groups in total. The molecule has 0 saturated carbocycles. The summed E-state index contributed by atoms with van der Waals surface area (Å²) in [6.07, 6.45) is 1.00. The summed E-state index contributed by atoms with van der Waals surface area (Å²) in [5.41, 5.74) is 5.20. The molecule has 0 aromatic heterocycles. The normalized spacial score (nSPS) is 15.9. The molecule has 1 heterocycles. The van der Waals surface area contributed by atoms with Gasteiger partial charge in [-0.2, -0.15) is 0 Å². The number of nitrogens with two attached hydrogens (primary N) is 1. The van der Waals surface area contributed by atoms with Crippen molar-refractivity contribution in [1.82, 2.24) is 4.90 Å². The fraction of sp³-hybridized carbons (Fsp3) is 0.529. The largest absolute Gasteiger partial charge is 0.444 e. The fourth-order valence-corrected chi connectivity index (χ4v) is 2.54. The average Bonchev–Trinajstić information content (AvgIpc) is 2.48. The van der Waals surface area contributed by atoms with Crippen LogP contribution < -0.4 is 11.1 Å². The monoisotopic (exact) mass is 337 g/mol. The Morgan fingerprint density at radius 3 is 2.46 bits per heavy atom. The van der Waals surface area contributed by atoms with Crippen LogP contribution in [-0.4, -0.2) is 41.6 Å². The first kappa shape index (κ1) is 18.0. The lowest BCUT2D eigenvalue weighted by molar-refractivity contribution is 0.0210. The summed E-state index contributed by atoms with van der Waals surface area (Å²) in [6.45, 7) is 6.54. The molecular formula is C17H24FN3O3. The minimum Gasteiger partial charge on any atom is -0.444 e. The second kappa shape index (κ2) is 7.07. The number of amides is 2. The lowest BCUT2D eigenvalue weighted by atomic mass is 10.0. The van der Waals surface area contributed by atoms with Crippen molar-refractivity contribution in [2.75, 3.05) is 18.4 Å². The van der Waals surface area contributed by atoms with Crippen LogP contribution in [-0.2, 0) is 4.74 Å². The van der Waals surface area contributed by atoms with Crippen LogP contribution in [0.3, 0.4) is 0 Å². The SMILES string of the molecule is CC(C)(C)OC(=O)N1CCC(Nc2cc(C(N)=O)ccc2F)CC1. The zero-order valence-corrected chi connectivity index (χ0v) is 14.3. The van der Waals surface area contributed by atoms with Crippen LogP contribution >= 0.6 is 0 Å². The molecule has 1 aromatic rings. The summed E-state index contributed by atoms with van der Waals surface area (Å²) in [7, 11) is 0. The van der Waals surface area contributed by atoms with Crippen molar-refractivity contribution in [2.45, 2.75) is 45.3 Å². The number of halogens is 1. The van der Waals surface area contributed by atoms with Crippen molar-refractivity contribution >= 4 is 17.7 Å². The van der Waals surface area contributed by atoms with E-state index in [0.717, 1.165) is 0 Å². The molecule has 0 bridgehead atoms. The molecule has 24 heavy (non-hydrogen) atoms. The molecule has 0 radical (unpaired) electrons. The number of nitrogens with zero attached hydrogens (tertiary/aromatic N) is 1. The van der Waals surface area contributed by atoms with E-state index in [0.29, 0.717) is 25.9 Å². The number of hydrogen-bond donors (Lipinski definition) is 2. The van der Waals surface area contributed by atoms with Gasteiger partial charge in [0.15, 0.2) is 0 Å². The topological polar surface area (TPSA) is 84.7 Å². The van der Waals surface area contributed by atoms with Gasteiger partial charge in [0.2, 0.25) is 5.91 Å². The van der Waals surface area contributed by atoms with Gasteiger partial charge in [-0.05, 0) is 51.8 Å². The number of piperidine rings is 1. The molecule has 0 atom stereocenters. The number of carbonyl (C=O) groups excluding carboxylic acids is 2. The molecule has 1 aliphatic heterocycles. The number of primary amides is 1. The summed E-state index contributed by atoms with van der Waals surface area (Å²) >= 11 is 0. The van der Waals surface area contributed by atoms with Crippen molar-refractivity contribution in [2.24, 2.45) is 5.73 Å². The van der Waals surface area contributed by atoms with E-state index in [1.807, 2.05) is 20.8 Å². The highest BCUT2D eigenvalue weighted by Crippen LogP contribution is 2.22. The van der Waals surface area contributed by atoms with E-state index in [1.54, 1.807) is 4.90 Å². The smallest absolute Gasteiger partial charge is 0.410 e. The van der Waals surface area contributed by atoms with E-state index in [1.165, 1.54) is 18.2 Å². The van der Waals surface area contributed by atoms with Crippen molar-refractivity contribution in [3.8, 4) is 0 Å². The maximum Gasteiger partial charge on any atom is 0.410 e. The van der Waals surface area contributed by atoms with Gasteiger partial charge in [0, 0.05) is 24.7 Å². The Hall–Kier alpha value is -2.31. The number of ether oxygens (including phenoxy) is 1. The summed E-state index contributed by atoms with van der Waals surface area (Å²) in [6, 6.07) is 4.01. The van der Waals surface area contributed by atoms with E-state index in [2.05, 4.69) is 5.32 Å². The predicted molar refractivity (Wildman–Crippen MR) is 89.4 cm³/mol. The van der Waals surface area contributed by atoms with Gasteiger partial charge in [-0.1, -0.05) is 0 Å². The molecular weight excluding hydrogens is 313 g/mol. The Morgan fingerprint density at radius 1 is 1.29 bits per heavy atom. The number of likely N-dealkylation sites (tertiary alicyclic amines) is 1. The van der Waals surface area contributed by atoms with Gasteiger partial charge < -0.3 is 20.7 Å². The molecule has 1 aliphatic rings. The van der Waals surface area contributed by atoms with Crippen molar-refractivity contribution in [3.05, 3.63) is 29.6 Å². The summed E-state index contributed by atoms with van der Waals surface area (Å²) in [5.74, 6) is -1.03. The fourth-order valence-electron chi connectivity index (χ4n) is 2.54. The molecule has 7 heteroatoms. The van der Waals surface area contributed by atoms with E-state index >= 15 is 0 Å². The maximum absolute atomic E-state index is 13.9. The zero-order valence-electron chi connectivity index (χ0n) is 14.3. The molecule has 132 valence electrons. The number of benzene rings is 1. The highest BCUT2D eigenvalue weighted by Gasteiger charge is 2.27. The summed E-state index contributed by atoms with van der Waals surface area (Å²) < 4.78 is 19.2. The molecule has 0 spiro atoms. The first-order valence-electron chi connectivity index (χ1n) is 7.99. The third-order valence-electron chi connectivity index (χ3n) is 3.76. The Kier molecular flexibility index (Phi) is 5.31. The van der Waals surface area contributed by atoms with Crippen LogP contribution in [0, 0.1) is 5.82 Å². The van der Waals surface area contributed by atoms with E-state index in [-0.39, 0.29) is 23.4 Å². The minimum absolute atomic E-state index is 0.0151. The van der Waals surface area contributed by atoms with Gasteiger partial charge >= 0.3 is 6.09 Å². The van der Waals surface area contributed by atoms with Gasteiger partial charge in [0.1, 0.15) is 11.4 Å². The first-order chi connectivity index (χ1) is 11.2. The lowest BCUT2D eigenvalue weighted by Gasteiger charge is -2.34. The maximum atomic E-state index is 13.9. The molecule has 1 fully saturated rings. The minimum atomic E-state index is -0.599. The van der Waals surface area contributed by atoms with Gasteiger partial charge in [-0.3, -0.25) is 4.79 Å². The molecule has 0 aliphatic carbocycles. The molecule has 2 amide bonds. The number of anilines is 1. The van der Waals surface area contributed by atoms with E-state index < -0.39 is 17.3 Å². The van der Waals surface area contributed by atoms with Crippen molar-refractivity contribution in [1.29, 1.82) is 0 Å². The standard InChI is InChI=1S/C17H24FN3O3/c1-17(2,3)24-16(23)21-8-6-12(7-9-21)20-14-10-11(15(19)22)4-5-13(14)18/h4-5,10,12,20H,6-9H2,1-3H3,(H2,19,22). The van der Waals surface area contributed by atoms with Crippen LogP contribution in [0.25, 0.3) is 0 Å². The van der Waals surface area contributed by atoms with Gasteiger partial charge in [-0.15, -0.1) is 0 Å². The molecule has 0 unspecified atom stereocenters. The van der Waals surface area contributed by atoms with Crippen LogP contribution in [0.5, 0.6) is 0 Å². The number of nitrogens with one attached hydrogen (secondary N) is 1. The van der Waals surface area contributed by atoms with Gasteiger partial charge in [0.25, 0.3) is 0 Å². The molecule has 1 saturated heterocycles. The number of hydrogen-bond acceptors (Lipinski definition) is 4. The lowest BCUT2D eigenvalue weighted by Crippen LogP contribution is -2.44. The van der Waals surface area contributed by atoms with Crippen LogP contribution in [0.4, 0.5) is 14.9 Å². The Labute approximate surface area is 141 Å². The number of rotatable bonds is 3. The highest BCUT2D eigenvalue weighted by molar-refractivity contribution is 5.93. The van der Waals surface area contributed by atoms with Crippen molar-refractivity contribution < 1.29 is 18.7 Å². The second-order valence-electron chi connectivity index (χ2n) is 6.94. The van der Waals surface area contributed by atoms with Gasteiger partial charge in [0.05, 0.1) is 5.69 Å². The Balaban J connectivity index is 1.93. The number of carbonyl (C=O) groups is 2. The quantitative estimate of drug-likeness (QED) is 0.888. The van der Waals surface area contributed by atoms with E-state index in [4.69, 9.17) is 10.5 Å². The van der Waals surface area contributed by atoms with Crippen LogP contribution in [0.15, 0.2) is 18.2 Å². The molecule has 1 aromatic carbocycles. The molecule has 2 rings (SSSR count).